The van der Waals surface area contributed by atoms with Gasteiger partial charge in [0.25, 0.3) is 0 Å². The van der Waals surface area contributed by atoms with Crippen LogP contribution < -0.4 is 5.73 Å². The van der Waals surface area contributed by atoms with Gasteiger partial charge in [-0.05, 0) is 31.0 Å². The summed E-state index contributed by atoms with van der Waals surface area (Å²) in [7, 11) is 0. The number of benzene rings is 1. The summed E-state index contributed by atoms with van der Waals surface area (Å²) >= 11 is 0. The Kier molecular flexibility index (Phi) is 3.72. The van der Waals surface area contributed by atoms with E-state index in [1.165, 1.54) is 6.07 Å². The molecule has 18 heavy (non-hydrogen) atoms. The van der Waals surface area contributed by atoms with Crippen molar-refractivity contribution in [1.29, 1.82) is 0 Å². The van der Waals surface area contributed by atoms with Crippen LogP contribution in [-0.4, -0.2) is 9.78 Å². The molecule has 0 bridgehead atoms. The van der Waals surface area contributed by atoms with Crippen LogP contribution in [0.4, 0.5) is 8.78 Å². The van der Waals surface area contributed by atoms with Gasteiger partial charge in [0.1, 0.15) is 0 Å². The Bertz CT molecular complexity index is 537. The summed E-state index contributed by atoms with van der Waals surface area (Å²) in [5, 5.41) is 4.11. The zero-order valence-electron chi connectivity index (χ0n) is 10.1. The van der Waals surface area contributed by atoms with Crippen LogP contribution in [0.5, 0.6) is 0 Å². The third-order valence-corrected chi connectivity index (χ3v) is 2.90. The second-order valence-electron chi connectivity index (χ2n) is 4.10. The van der Waals surface area contributed by atoms with Crippen LogP contribution in [0.2, 0.25) is 0 Å². The third kappa shape index (κ3) is 2.41. The Morgan fingerprint density at radius 2 is 2.11 bits per heavy atom. The predicted octanol–water partition coefficient (Wildman–Crippen LogP) is 2.42. The fraction of sp³-hybridized carbons (Fsp3) is 0.308. The van der Waals surface area contributed by atoms with E-state index in [1.54, 1.807) is 23.0 Å². The van der Waals surface area contributed by atoms with E-state index in [0.717, 1.165) is 11.8 Å². The topological polar surface area (TPSA) is 43.8 Å². The van der Waals surface area contributed by atoms with Gasteiger partial charge in [-0.2, -0.15) is 5.10 Å². The first-order valence-electron chi connectivity index (χ1n) is 5.83. The molecule has 2 N–H and O–H groups in total. The first kappa shape index (κ1) is 12.7. The highest BCUT2D eigenvalue weighted by atomic mass is 19.2. The Hall–Kier alpha value is -1.75. The second kappa shape index (κ2) is 5.27. The molecule has 1 heterocycles. The van der Waals surface area contributed by atoms with E-state index < -0.39 is 17.7 Å². The number of halogens is 2. The molecule has 3 nitrogen and oxygen atoms in total. The lowest BCUT2D eigenvalue weighted by Gasteiger charge is -2.14. The molecule has 0 aliphatic carbocycles. The average molecular weight is 251 g/mol. The van der Waals surface area contributed by atoms with Crippen molar-refractivity contribution in [2.45, 2.75) is 25.9 Å². The SMILES string of the molecule is CCn1nccc1C(N)Cc1cccc(F)c1F. The molecule has 1 unspecified atom stereocenters. The van der Waals surface area contributed by atoms with E-state index in [0.29, 0.717) is 6.54 Å². The Balaban J connectivity index is 2.21. The van der Waals surface area contributed by atoms with Gasteiger partial charge in [0.05, 0.1) is 11.7 Å². The summed E-state index contributed by atoms with van der Waals surface area (Å²) in [6, 6.07) is 5.53. The zero-order chi connectivity index (χ0) is 13.1. The van der Waals surface area contributed by atoms with Gasteiger partial charge in [-0.25, -0.2) is 8.78 Å². The number of nitrogens with two attached hydrogens (primary N) is 1. The molecule has 1 aromatic carbocycles. The van der Waals surface area contributed by atoms with Gasteiger partial charge in [0, 0.05) is 12.7 Å². The summed E-state index contributed by atoms with van der Waals surface area (Å²) in [5.74, 6) is -1.67. The third-order valence-electron chi connectivity index (χ3n) is 2.90. The molecule has 0 aliphatic rings. The number of aromatic nitrogens is 2. The molecule has 0 saturated heterocycles. The molecular formula is C13H15F2N3. The molecule has 2 aromatic rings. The van der Waals surface area contributed by atoms with Crippen LogP contribution in [0, 0.1) is 11.6 Å². The summed E-state index contributed by atoms with van der Waals surface area (Å²) in [6.07, 6.45) is 1.90. The van der Waals surface area contributed by atoms with Crippen LogP contribution in [0.25, 0.3) is 0 Å². The molecule has 0 fully saturated rings. The first-order chi connectivity index (χ1) is 8.63. The number of hydrogen-bond donors (Lipinski definition) is 1. The minimum atomic E-state index is -0.844. The van der Waals surface area contributed by atoms with E-state index in [2.05, 4.69) is 5.10 Å². The minimum absolute atomic E-state index is 0.245. The lowest BCUT2D eigenvalue weighted by molar-refractivity contribution is 0.490. The molecule has 0 radical (unpaired) electrons. The number of nitrogens with zero attached hydrogens (tertiary/aromatic N) is 2. The maximum absolute atomic E-state index is 13.5. The van der Waals surface area contributed by atoms with Crippen LogP contribution in [-0.2, 0) is 13.0 Å². The van der Waals surface area contributed by atoms with Crippen molar-refractivity contribution in [3.63, 3.8) is 0 Å². The van der Waals surface area contributed by atoms with E-state index >= 15 is 0 Å². The smallest absolute Gasteiger partial charge is 0.162 e. The van der Waals surface area contributed by atoms with Gasteiger partial charge in [0.15, 0.2) is 11.6 Å². The molecule has 0 spiro atoms. The fourth-order valence-corrected chi connectivity index (χ4v) is 1.97. The first-order valence-corrected chi connectivity index (χ1v) is 5.83. The van der Waals surface area contributed by atoms with E-state index in [1.807, 2.05) is 6.92 Å². The monoisotopic (exact) mass is 251 g/mol. The molecule has 0 saturated carbocycles. The molecule has 96 valence electrons. The number of hydrogen-bond acceptors (Lipinski definition) is 2. The van der Waals surface area contributed by atoms with Gasteiger partial charge in [0.2, 0.25) is 0 Å². The van der Waals surface area contributed by atoms with Crippen molar-refractivity contribution in [3.05, 3.63) is 53.4 Å². The Labute approximate surface area is 104 Å². The summed E-state index contributed by atoms with van der Waals surface area (Å²) in [4.78, 5) is 0. The maximum Gasteiger partial charge on any atom is 0.162 e. The molecule has 1 atom stereocenters. The van der Waals surface area contributed by atoms with Crippen molar-refractivity contribution in [2.24, 2.45) is 5.73 Å². The molecule has 1 aromatic heterocycles. The number of aryl methyl sites for hydroxylation is 1. The molecule has 5 heteroatoms. The normalized spacial score (nSPS) is 12.7. The second-order valence-corrected chi connectivity index (χ2v) is 4.10. The van der Waals surface area contributed by atoms with Crippen molar-refractivity contribution < 1.29 is 8.78 Å². The fourth-order valence-electron chi connectivity index (χ4n) is 1.97. The van der Waals surface area contributed by atoms with Gasteiger partial charge in [-0.3, -0.25) is 4.68 Å². The predicted molar refractivity (Wildman–Crippen MR) is 64.9 cm³/mol. The highest BCUT2D eigenvalue weighted by molar-refractivity contribution is 5.22. The van der Waals surface area contributed by atoms with Crippen LogP contribution in [0.15, 0.2) is 30.5 Å². The highest BCUT2D eigenvalue weighted by Gasteiger charge is 2.15. The number of rotatable bonds is 4. The standard InChI is InChI=1S/C13H15F2N3/c1-2-18-12(6-7-17-18)11(16)8-9-4-3-5-10(14)13(9)15/h3-7,11H,2,8,16H2,1H3. The quantitative estimate of drug-likeness (QED) is 0.907. The maximum atomic E-state index is 13.5. The van der Waals surface area contributed by atoms with Gasteiger partial charge >= 0.3 is 0 Å². The molecule has 2 rings (SSSR count). The Morgan fingerprint density at radius 1 is 1.33 bits per heavy atom. The Morgan fingerprint density at radius 3 is 2.83 bits per heavy atom. The summed E-state index contributed by atoms with van der Waals surface area (Å²) < 4.78 is 28.4. The molecule has 0 aliphatic heterocycles. The molecule has 0 amide bonds. The van der Waals surface area contributed by atoms with Crippen LogP contribution in [0.1, 0.15) is 24.2 Å². The zero-order valence-corrected chi connectivity index (χ0v) is 10.1. The lowest BCUT2D eigenvalue weighted by Crippen LogP contribution is -2.19. The van der Waals surface area contributed by atoms with Gasteiger partial charge in [-0.1, -0.05) is 12.1 Å². The summed E-state index contributed by atoms with van der Waals surface area (Å²) in [6.45, 7) is 2.65. The highest BCUT2D eigenvalue weighted by Crippen LogP contribution is 2.19. The van der Waals surface area contributed by atoms with Crippen LogP contribution >= 0.6 is 0 Å². The minimum Gasteiger partial charge on any atom is -0.322 e. The largest absolute Gasteiger partial charge is 0.322 e. The van der Waals surface area contributed by atoms with Crippen molar-refractivity contribution in [3.8, 4) is 0 Å². The van der Waals surface area contributed by atoms with E-state index in [4.69, 9.17) is 5.73 Å². The van der Waals surface area contributed by atoms with E-state index in [9.17, 15) is 8.78 Å². The van der Waals surface area contributed by atoms with Gasteiger partial charge < -0.3 is 5.73 Å². The van der Waals surface area contributed by atoms with Crippen molar-refractivity contribution in [2.75, 3.05) is 0 Å². The average Bonchev–Trinajstić information content (AvgIpc) is 2.83. The lowest BCUT2D eigenvalue weighted by atomic mass is 10.0. The van der Waals surface area contributed by atoms with Crippen molar-refractivity contribution >= 4 is 0 Å². The van der Waals surface area contributed by atoms with E-state index in [-0.39, 0.29) is 12.0 Å². The van der Waals surface area contributed by atoms with Gasteiger partial charge in [-0.15, -0.1) is 0 Å². The van der Waals surface area contributed by atoms with Crippen LogP contribution in [0.3, 0.4) is 0 Å². The molecular weight excluding hydrogens is 236 g/mol. The summed E-state index contributed by atoms with van der Waals surface area (Å²) in [5.41, 5.74) is 7.12. The van der Waals surface area contributed by atoms with Crippen molar-refractivity contribution in [1.82, 2.24) is 9.78 Å².